The summed E-state index contributed by atoms with van der Waals surface area (Å²) in [5, 5.41) is 30.1. The average Bonchev–Trinajstić information content (AvgIpc) is 3.77. The molecule has 1 fully saturated rings. The van der Waals surface area contributed by atoms with Crippen LogP contribution in [0.4, 0.5) is 10.3 Å². The highest BCUT2D eigenvalue weighted by Gasteiger charge is 2.29. The summed E-state index contributed by atoms with van der Waals surface area (Å²) < 4.78 is 22.3. The average molecular weight is 569 g/mol. The monoisotopic (exact) mass is 568 g/mol. The minimum Gasteiger partial charge on any atom is -0.388 e. The number of rotatable bonds is 6. The van der Waals surface area contributed by atoms with Crippen LogP contribution in [0, 0.1) is 5.82 Å². The molecule has 0 unspecified atom stereocenters. The van der Waals surface area contributed by atoms with Gasteiger partial charge in [0.05, 0.1) is 30.6 Å². The van der Waals surface area contributed by atoms with Crippen LogP contribution in [0.1, 0.15) is 36.2 Å². The van der Waals surface area contributed by atoms with Crippen LogP contribution in [-0.2, 0) is 10.3 Å². The van der Waals surface area contributed by atoms with E-state index in [-0.39, 0.29) is 11.9 Å². The zero-order valence-electron chi connectivity index (χ0n) is 22.9. The molecule has 42 heavy (non-hydrogen) atoms. The lowest BCUT2D eigenvalue weighted by Gasteiger charge is -2.28. The maximum atomic E-state index is 13.3. The molecule has 2 N–H and O–H groups in total. The Morgan fingerprint density at radius 1 is 0.976 bits per heavy atom. The molecule has 0 radical (unpaired) electrons. The number of fused-ring (bicyclic) bond motifs is 1. The minimum atomic E-state index is -1.35. The van der Waals surface area contributed by atoms with Gasteiger partial charge in [0.2, 0.25) is 5.95 Å². The minimum absolute atomic E-state index is 0.190. The summed E-state index contributed by atoms with van der Waals surface area (Å²) in [5.41, 5.74) is 4.50. The van der Waals surface area contributed by atoms with Crippen LogP contribution in [0.25, 0.3) is 22.2 Å². The van der Waals surface area contributed by atoms with Crippen LogP contribution in [0.15, 0.2) is 73.7 Å². The van der Waals surface area contributed by atoms with Crippen LogP contribution >= 0.6 is 0 Å². The summed E-state index contributed by atoms with van der Waals surface area (Å²) in [6.45, 7) is 3.70. The zero-order valence-corrected chi connectivity index (χ0v) is 22.9. The lowest BCUT2D eigenvalue weighted by atomic mass is 9.90. The van der Waals surface area contributed by atoms with Gasteiger partial charge >= 0.3 is 0 Å². The number of aliphatic hydroxyl groups excluding tert-OH is 1. The summed E-state index contributed by atoms with van der Waals surface area (Å²) in [4.78, 5) is 15.7. The first-order valence-electron chi connectivity index (χ1n) is 13.8. The van der Waals surface area contributed by atoms with Gasteiger partial charge < -0.3 is 19.8 Å². The number of anilines is 1. The van der Waals surface area contributed by atoms with E-state index < -0.39 is 11.7 Å². The Hall–Kier alpha value is -4.52. The number of halogens is 1. The van der Waals surface area contributed by atoms with Gasteiger partial charge in [-0.15, -0.1) is 0 Å². The first-order chi connectivity index (χ1) is 20.4. The van der Waals surface area contributed by atoms with Crippen molar-refractivity contribution >= 4 is 17.0 Å². The van der Waals surface area contributed by atoms with Crippen molar-refractivity contribution in [3.63, 3.8) is 0 Å². The van der Waals surface area contributed by atoms with E-state index in [2.05, 4.69) is 42.2 Å². The van der Waals surface area contributed by atoms with E-state index in [0.717, 1.165) is 34.3 Å². The first-order valence-corrected chi connectivity index (χ1v) is 13.8. The van der Waals surface area contributed by atoms with E-state index in [1.807, 2.05) is 16.9 Å². The fourth-order valence-electron chi connectivity index (χ4n) is 5.53. The van der Waals surface area contributed by atoms with Crippen molar-refractivity contribution < 1.29 is 19.3 Å². The number of hydrogen-bond donors (Lipinski definition) is 2. The highest BCUT2D eigenvalue weighted by molar-refractivity contribution is 5.80. The molecule has 7 rings (SSSR count). The topological polar surface area (TPSA) is 127 Å². The molecular formula is C30H29FN8O3. The third kappa shape index (κ3) is 4.73. The van der Waals surface area contributed by atoms with Gasteiger partial charge in [0.15, 0.2) is 0 Å². The van der Waals surface area contributed by atoms with Crippen LogP contribution in [0.2, 0.25) is 0 Å². The van der Waals surface area contributed by atoms with Crippen molar-refractivity contribution in [2.24, 2.45) is 0 Å². The Kier molecular flexibility index (Phi) is 6.53. The number of aromatic nitrogens is 7. The second-order valence-corrected chi connectivity index (χ2v) is 10.8. The fourth-order valence-corrected chi connectivity index (χ4v) is 5.53. The molecule has 12 heteroatoms. The molecule has 2 aliphatic heterocycles. The van der Waals surface area contributed by atoms with E-state index >= 15 is 0 Å². The maximum absolute atomic E-state index is 13.3. The Labute approximate surface area is 240 Å². The lowest BCUT2D eigenvalue weighted by Crippen LogP contribution is -2.30. The normalized spacial score (nSPS) is 20.6. The van der Waals surface area contributed by atoms with E-state index in [0.29, 0.717) is 43.4 Å². The van der Waals surface area contributed by atoms with Crippen molar-refractivity contribution in [2.75, 3.05) is 31.2 Å². The van der Waals surface area contributed by atoms with Crippen molar-refractivity contribution in [1.82, 2.24) is 34.3 Å². The molecule has 214 valence electrons. The summed E-state index contributed by atoms with van der Waals surface area (Å²) in [5.74, 6) is 0.208. The Bertz CT molecular complexity index is 1760. The van der Waals surface area contributed by atoms with Gasteiger partial charge in [-0.1, -0.05) is 18.2 Å². The van der Waals surface area contributed by atoms with Gasteiger partial charge in [-0.3, -0.25) is 4.68 Å². The first kappa shape index (κ1) is 26.4. The molecule has 0 bridgehead atoms. The van der Waals surface area contributed by atoms with Crippen molar-refractivity contribution in [1.29, 1.82) is 0 Å². The maximum Gasteiger partial charge on any atom is 0.225 e. The number of benzene rings is 1. The van der Waals surface area contributed by atoms with Gasteiger partial charge in [0, 0.05) is 54.6 Å². The van der Waals surface area contributed by atoms with Gasteiger partial charge in [0.1, 0.15) is 29.9 Å². The largest absolute Gasteiger partial charge is 0.388 e. The van der Waals surface area contributed by atoms with Crippen molar-refractivity contribution in [3.8, 4) is 11.1 Å². The Morgan fingerprint density at radius 3 is 2.50 bits per heavy atom. The quantitative estimate of drug-likeness (QED) is 0.318. The van der Waals surface area contributed by atoms with Crippen molar-refractivity contribution in [3.05, 3.63) is 96.4 Å². The highest BCUT2D eigenvalue weighted by atomic mass is 19.1. The molecule has 2 aliphatic rings. The second-order valence-electron chi connectivity index (χ2n) is 10.8. The molecule has 1 saturated heterocycles. The van der Waals surface area contributed by atoms with E-state index in [1.165, 1.54) is 12.1 Å². The van der Waals surface area contributed by atoms with Gasteiger partial charge in [-0.25, -0.2) is 23.9 Å². The highest BCUT2D eigenvalue weighted by Crippen LogP contribution is 2.32. The molecule has 0 spiro atoms. The Morgan fingerprint density at radius 2 is 1.79 bits per heavy atom. The number of hydrogen-bond acceptors (Lipinski definition) is 9. The standard InChI is InChI=1S/C30H29FN8O3/c1-30(41,22-2-4-24(31)5-3-22)23-12-32-29(33-13-23)37-8-6-19(7-9-37)28-25-10-20(14-38(25)36-18-34-28)21-11-35-39(15-21)26-16-42-17-27(26)40/h2-6,10-15,18,26-27,40-41H,7-9,16-17H2,1H3/t26-,27-,30+/m1/s1. The third-order valence-electron chi connectivity index (χ3n) is 8.10. The van der Waals surface area contributed by atoms with E-state index in [1.54, 1.807) is 48.7 Å². The summed E-state index contributed by atoms with van der Waals surface area (Å²) in [6, 6.07) is 7.63. The molecule has 11 nitrogen and oxygen atoms in total. The molecular weight excluding hydrogens is 539 g/mol. The van der Waals surface area contributed by atoms with Crippen LogP contribution in [0.3, 0.4) is 0 Å². The van der Waals surface area contributed by atoms with Crippen LogP contribution in [0.5, 0.6) is 0 Å². The summed E-state index contributed by atoms with van der Waals surface area (Å²) in [7, 11) is 0. The molecule has 0 saturated carbocycles. The van der Waals surface area contributed by atoms with Gasteiger partial charge in [-0.2, -0.15) is 10.2 Å². The predicted molar refractivity (Wildman–Crippen MR) is 152 cm³/mol. The predicted octanol–water partition coefficient (Wildman–Crippen LogP) is 3.00. The number of nitrogens with zero attached hydrogens (tertiary/aromatic N) is 8. The number of ether oxygens (including phenoxy) is 1. The smallest absolute Gasteiger partial charge is 0.225 e. The summed E-state index contributed by atoms with van der Waals surface area (Å²) >= 11 is 0. The van der Waals surface area contributed by atoms with Crippen LogP contribution in [-0.4, -0.2) is 77.0 Å². The Balaban J connectivity index is 1.09. The molecule has 4 aromatic heterocycles. The third-order valence-corrected chi connectivity index (χ3v) is 8.10. The summed E-state index contributed by atoms with van der Waals surface area (Å²) in [6.07, 6.45) is 12.8. The number of aliphatic hydroxyl groups is 2. The second kappa shape index (κ2) is 10.4. The molecule has 6 heterocycles. The van der Waals surface area contributed by atoms with Crippen LogP contribution < -0.4 is 4.90 Å². The van der Waals surface area contributed by atoms with Crippen molar-refractivity contribution in [2.45, 2.75) is 31.1 Å². The SMILES string of the molecule is C[C@](O)(c1ccc(F)cc1)c1cnc(N2CC=C(c3ncnn4cc(-c5cnn([C@@H]6COC[C@H]6O)c5)cc34)CC2)nc1. The van der Waals surface area contributed by atoms with E-state index in [4.69, 9.17) is 4.74 Å². The molecule has 1 aromatic carbocycles. The van der Waals surface area contributed by atoms with Gasteiger partial charge in [0.25, 0.3) is 0 Å². The lowest BCUT2D eigenvalue weighted by molar-refractivity contribution is 0.101. The molecule has 5 aromatic rings. The van der Waals surface area contributed by atoms with Gasteiger partial charge in [-0.05, 0) is 42.7 Å². The fraction of sp³-hybridized carbons (Fsp3) is 0.300. The molecule has 3 atom stereocenters. The molecule has 0 aliphatic carbocycles. The zero-order chi connectivity index (χ0) is 28.8. The molecule has 0 amide bonds. The van der Waals surface area contributed by atoms with E-state index in [9.17, 15) is 14.6 Å².